The molecule has 0 atom stereocenters. The van der Waals surface area contributed by atoms with E-state index < -0.39 is 14.1 Å². The lowest BCUT2D eigenvalue weighted by molar-refractivity contribution is 0.111. The van der Waals surface area contributed by atoms with Gasteiger partial charge in [-0.25, -0.2) is 4.39 Å². The molecule has 0 aromatic heterocycles. The lowest BCUT2D eigenvalue weighted by Crippen LogP contribution is -2.44. The topological polar surface area (TPSA) is 26.3 Å². The van der Waals surface area contributed by atoms with Gasteiger partial charge >= 0.3 is 0 Å². The summed E-state index contributed by atoms with van der Waals surface area (Å²) >= 11 is 6.00. The normalized spacial score (nSPS) is 12.4. The summed E-state index contributed by atoms with van der Waals surface area (Å²) in [6.45, 7) is 10.4. The SMILES string of the molecule is CC(C)(C)[Si](C)(C)Oc1ccc(F)c(C=O)c1Cl. The zero-order valence-corrected chi connectivity index (χ0v) is 13.1. The van der Waals surface area contributed by atoms with Gasteiger partial charge in [-0.2, -0.15) is 0 Å². The van der Waals surface area contributed by atoms with Crippen LogP contribution < -0.4 is 4.43 Å². The van der Waals surface area contributed by atoms with E-state index in [9.17, 15) is 9.18 Å². The molecule has 2 nitrogen and oxygen atoms in total. The van der Waals surface area contributed by atoms with Gasteiger partial charge in [0.1, 0.15) is 11.6 Å². The Bertz CT molecular complexity index is 467. The Hall–Kier alpha value is -0.873. The highest BCUT2D eigenvalue weighted by Gasteiger charge is 2.39. The smallest absolute Gasteiger partial charge is 0.250 e. The van der Waals surface area contributed by atoms with Crippen molar-refractivity contribution in [3.8, 4) is 5.75 Å². The fourth-order valence-corrected chi connectivity index (χ4v) is 2.49. The average molecular weight is 289 g/mol. The van der Waals surface area contributed by atoms with Crippen LogP contribution in [0.15, 0.2) is 12.1 Å². The number of hydrogen-bond donors (Lipinski definition) is 0. The summed E-state index contributed by atoms with van der Waals surface area (Å²) in [6.07, 6.45) is 0.413. The van der Waals surface area contributed by atoms with Gasteiger partial charge in [0.05, 0.1) is 10.6 Å². The molecular weight excluding hydrogens is 271 g/mol. The number of carbonyl (C=O) groups excluding carboxylic acids is 1. The van der Waals surface area contributed by atoms with Crippen molar-refractivity contribution in [3.63, 3.8) is 0 Å². The lowest BCUT2D eigenvalue weighted by Gasteiger charge is -2.36. The maximum atomic E-state index is 13.3. The van der Waals surface area contributed by atoms with E-state index in [2.05, 4.69) is 33.9 Å². The molecule has 18 heavy (non-hydrogen) atoms. The summed E-state index contributed by atoms with van der Waals surface area (Å²) in [5, 5.41) is 0.0568. The van der Waals surface area contributed by atoms with Gasteiger partial charge in [0.25, 0.3) is 8.32 Å². The minimum atomic E-state index is -2.05. The number of hydrogen-bond acceptors (Lipinski definition) is 2. The molecule has 0 aliphatic rings. The zero-order chi connectivity index (χ0) is 14.1. The monoisotopic (exact) mass is 288 g/mol. The minimum absolute atomic E-state index is 0.00601. The molecule has 100 valence electrons. The van der Waals surface area contributed by atoms with Crippen LogP contribution in [-0.2, 0) is 0 Å². The molecule has 0 bridgehead atoms. The number of halogens is 2. The molecule has 0 radical (unpaired) electrons. The summed E-state index contributed by atoms with van der Waals surface area (Å²) in [5.41, 5.74) is -0.145. The summed E-state index contributed by atoms with van der Waals surface area (Å²) in [7, 11) is -2.05. The van der Waals surface area contributed by atoms with Crippen molar-refractivity contribution in [1.82, 2.24) is 0 Å². The Labute approximate surface area is 113 Å². The first kappa shape index (κ1) is 15.2. The molecule has 0 fully saturated rings. The highest BCUT2D eigenvalue weighted by molar-refractivity contribution is 6.74. The highest BCUT2D eigenvalue weighted by atomic mass is 35.5. The Balaban J connectivity index is 3.18. The molecule has 0 aliphatic heterocycles. The van der Waals surface area contributed by atoms with E-state index in [4.69, 9.17) is 16.0 Å². The van der Waals surface area contributed by atoms with Crippen molar-refractivity contribution in [2.45, 2.75) is 38.9 Å². The van der Waals surface area contributed by atoms with Gasteiger partial charge in [-0.05, 0) is 30.3 Å². The van der Waals surface area contributed by atoms with E-state index in [1.54, 1.807) is 0 Å². The molecule has 0 saturated heterocycles. The molecule has 0 spiro atoms. The van der Waals surface area contributed by atoms with Crippen molar-refractivity contribution in [2.75, 3.05) is 0 Å². The fraction of sp³-hybridized carbons (Fsp3) is 0.462. The van der Waals surface area contributed by atoms with E-state index >= 15 is 0 Å². The first-order valence-electron chi connectivity index (χ1n) is 5.72. The van der Waals surface area contributed by atoms with Crippen LogP contribution in [0, 0.1) is 5.82 Å². The van der Waals surface area contributed by atoms with E-state index in [1.165, 1.54) is 12.1 Å². The third-order valence-electron chi connectivity index (χ3n) is 3.38. The molecule has 5 heteroatoms. The predicted octanol–water partition coefficient (Wildman–Crippen LogP) is 4.68. The zero-order valence-electron chi connectivity index (χ0n) is 11.3. The molecule has 0 N–H and O–H groups in total. The largest absolute Gasteiger partial charge is 0.542 e. The highest BCUT2D eigenvalue weighted by Crippen LogP contribution is 2.40. The van der Waals surface area contributed by atoms with Crippen molar-refractivity contribution in [2.24, 2.45) is 0 Å². The lowest BCUT2D eigenvalue weighted by atomic mass is 10.2. The van der Waals surface area contributed by atoms with Crippen LogP contribution in [-0.4, -0.2) is 14.6 Å². The fourth-order valence-electron chi connectivity index (χ4n) is 1.16. The van der Waals surface area contributed by atoms with Crippen LogP contribution in [0.1, 0.15) is 31.1 Å². The Kier molecular flexibility index (Phi) is 4.23. The van der Waals surface area contributed by atoms with Gasteiger partial charge in [-0.1, -0.05) is 32.4 Å². The number of rotatable bonds is 3. The number of carbonyl (C=O) groups is 1. The third-order valence-corrected chi connectivity index (χ3v) is 8.11. The van der Waals surface area contributed by atoms with Gasteiger partial charge in [0, 0.05) is 0 Å². The third kappa shape index (κ3) is 2.92. The maximum Gasteiger partial charge on any atom is 0.250 e. The maximum absolute atomic E-state index is 13.3. The number of aldehydes is 1. The second kappa shape index (κ2) is 5.01. The summed E-state index contributed by atoms with van der Waals surface area (Å²) < 4.78 is 19.3. The summed E-state index contributed by atoms with van der Waals surface area (Å²) in [5.74, 6) is -0.246. The minimum Gasteiger partial charge on any atom is -0.542 e. The Morgan fingerprint density at radius 1 is 1.33 bits per heavy atom. The quantitative estimate of drug-likeness (QED) is 0.596. The van der Waals surface area contributed by atoms with Gasteiger partial charge in [0.15, 0.2) is 6.29 Å². The Morgan fingerprint density at radius 3 is 2.33 bits per heavy atom. The first-order chi connectivity index (χ1) is 8.10. The number of benzene rings is 1. The molecule has 1 rings (SSSR count). The van der Waals surface area contributed by atoms with Crippen LogP contribution >= 0.6 is 11.6 Å². The molecule has 0 aliphatic carbocycles. The second-order valence-corrected chi connectivity index (χ2v) is 10.9. The van der Waals surface area contributed by atoms with E-state index in [0.29, 0.717) is 12.0 Å². The van der Waals surface area contributed by atoms with Gasteiger partial charge < -0.3 is 4.43 Å². The summed E-state index contributed by atoms with van der Waals surface area (Å²) in [4.78, 5) is 10.8. The van der Waals surface area contributed by atoms with Crippen molar-refractivity contribution >= 4 is 26.2 Å². The van der Waals surface area contributed by atoms with E-state index in [1.807, 2.05) is 0 Å². The van der Waals surface area contributed by atoms with Gasteiger partial charge in [-0.3, -0.25) is 4.79 Å². The van der Waals surface area contributed by atoms with Crippen LogP contribution in [0.25, 0.3) is 0 Å². The summed E-state index contributed by atoms with van der Waals surface area (Å²) in [6, 6.07) is 2.68. The van der Waals surface area contributed by atoms with Crippen molar-refractivity contribution in [3.05, 3.63) is 28.5 Å². The van der Waals surface area contributed by atoms with Crippen LogP contribution in [0.4, 0.5) is 4.39 Å². The van der Waals surface area contributed by atoms with Crippen LogP contribution in [0.5, 0.6) is 5.75 Å². The molecule has 1 aromatic carbocycles. The second-order valence-electron chi connectivity index (χ2n) is 5.75. The van der Waals surface area contributed by atoms with Crippen molar-refractivity contribution < 1.29 is 13.6 Å². The Morgan fingerprint density at radius 2 is 1.89 bits per heavy atom. The molecule has 0 unspecified atom stereocenters. The molecule has 0 saturated carbocycles. The molecular formula is C13H18ClFO2Si. The van der Waals surface area contributed by atoms with Crippen molar-refractivity contribution in [1.29, 1.82) is 0 Å². The first-order valence-corrected chi connectivity index (χ1v) is 9.01. The van der Waals surface area contributed by atoms with E-state index in [0.717, 1.165) is 0 Å². The molecule has 0 amide bonds. The molecule has 0 heterocycles. The van der Waals surface area contributed by atoms with Crippen LogP contribution in [0.2, 0.25) is 23.2 Å². The van der Waals surface area contributed by atoms with Crippen LogP contribution in [0.3, 0.4) is 0 Å². The standard InChI is InChI=1S/C13H18ClFO2Si/c1-13(2,3)18(4,5)17-11-7-6-10(15)9(8-16)12(11)14/h6-8H,1-5H3. The van der Waals surface area contributed by atoms with E-state index in [-0.39, 0.29) is 15.6 Å². The van der Waals surface area contributed by atoms with Gasteiger partial charge in [-0.15, -0.1) is 0 Å². The van der Waals surface area contributed by atoms with Gasteiger partial charge in [0.2, 0.25) is 0 Å². The molecule has 1 aromatic rings. The predicted molar refractivity (Wildman–Crippen MR) is 74.6 cm³/mol. The average Bonchev–Trinajstić information content (AvgIpc) is 2.21.